The highest BCUT2D eigenvalue weighted by molar-refractivity contribution is 9.10. The van der Waals surface area contributed by atoms with E-state index < -0.39 is 0 Å². The third-order valence-electron chi connectivity index (χ3n) is 3.58. The lowest BCUT2D eigenvalue weighted by atomic mass is 10.3. The van der Waals surface area contributed by atoms with Crippen molar-refractivity contribution < 1.29 is 9.53 Å². The van der Waals surface area contributed by atoms with Crippen LogP contribution in [0.2, 0.25) is 0 Å². The Hall–Kier alpha value is -2.29. The highest BCUT2D eigenvalue weighted by Gasteiger charge is 2.23. The number of hydrogen-bond donors (Lipinski definition) is 2. The Morgan fingerprint density at radius 2 is 1.96 bits per heavy atom. The van der Waals surface area contributed by atoms with Crippen LogP contribution in [0.5, 0.6) is 5.75 Å². The average Bonchev–Trinajstić information content (AvgIpc) is 3.01. The van der Waals surface area contributed by atoms with Crippen LogP contribution in [-0.2, 0) is 4.79 Å². The molecule has 8 nitrogen and oxygen atoms in total. The number of benzene rings is 1. The van der Waals surface area contributed by atoms with Crippen LogP contribution in [0.4, 0.5) is 11.9 Å². The summed E-state index contributed by atoms with van der Waals surface area (Å²) in [6, 6.07) is 7.40. The number of aromatic amines is 1. The summed E-state index contributed by atoms with van der Waals surface area (Å²) in [5, 5.41) is 6.64. The molecule has 0 bridgehead atoms. The number of nitrogens with zero attached hydrogens (tertiary/aromatic N) is 4. The van der Waals surface area contributed by atoms with Gasteiger partial charge in [0.05, 0.1) is 0 Å². The molecule has 0 saturated carbocycles. The van der Waals surface area contributed by atoms with Gasteiger partial charge in [-0.2, -0.15) is 4.98 Å². The van der Waals surface area contributed by atoms with Crippen molar-refractivity contribution >= 4 is 33.7 Å². The van der Waals surface area contributed by atoms with Crippen molar-refractivity contribution in [2.24, 2.45) is 0 Å². The molecule has 1 aromatic carbocycles. The van der Waals surface area contributed by atoms with Gasteiger partial charge in [-0.1, -0.05) is 15.9 Å². The van der Waals surface area contributed by atoms with Crippen LogP contribution in [0.3, 0.4) is 0 Å². The fourth-order valence-corrected chi connectivity index (χ4v) is 2.59. The Labute approximate surface area is 141 Å². The fourth-order valence-electron chi connectivity index (χ4n) is 2.33. The van der Waals surface area contributed by atoms with Crippen LogP contribution in [-0.4, -0.2) is 58.8 Å². The van der Waals surface area contributed by atoms with Gasteiger partial charge in [0.15, 0.2) is 6.61 Å². The number of H-pyrrole nitrogens is 1. The third kappa shape index (κ3) is 3.92. The number of ether oxygens (including phenoxy) is 1. The van der Waals surface area contributed by atoms with Gasteiger partial charge in [0.1, 0.15) is 5.75 Å². The van der Waals surface area contributed by atoms with Gasteiger partial charge in [0, 0.05) is 30.7 Å². The van der Waals surface area contributed by atoms with E-state index in [-0.39, 0.29) is 12.5 Å². The minimum atomic E-state index is -0.0259. The molecular formula is C14H17BrN6O2. The average molecular weight is 381 g/mol. The highest BCUT2D eigenvalue weighted by Crippen LogP contribution is 2.16. The van der Waals surface area contributed by atoms with Crippen molar-refractivity contribution in [2.45, 2.75) is 0 Å². The van der Waals surface area contributed by atoms with E-state index in [0.717, 1.165) is 4.47 Å². The van der Waals surface area contributed by atoms with Gasteiger partial charge < -0.3 is 20.3 Å². The molecule has 0 unspecified atom stereocenters. The second-order valence-electron chi connectivity index (χ2n) is 5.13. The Morgan fingerprint density at radius 1 is 1.26 bits per heavy atom. The fraction of sp³-hybridized carbons (Fsp3) is 0.357. The van der Waals surface area contributed by atoms with Gasteiger partial charge in [0.25, 0.3) is 5.91 Å². The molecule has 23 heavy (non-hydrogen) atoms. The van der Waals surface area contributed by atoms with Crippen LogP contribution >= 0.6 is 15.9 Å². The molecule has 1 fully saturated rings. The van der Waals surface area contributed by atoms with Gasteiger partial charge in [-0.15, -0.1) is 5.10 Å². The molecule has 3 rings (SSSR count). The standard InChI is InChI=1S/C14H17BrN6O2/c15-10-1-3-11(4-2-10)23-9-12(22)20-5-7-21(8-6-20)14-17-13(16)18-19-14/h1-4H,5-9H2,(H3,16,17,18,19). The van der Waals surface area contributed by atoms with Crippen LogP contribution < -0.4 is 15.4 Å². The first-order valence-corrected chi connectivity index (χ1v) is 8.00. The van der Waals surface area contributed by atoms with Crippen molar-refractivity contribution in [2.75, 3.05) is 43.4 Å². The number of aromatic nitrogens is 3. The van der Waals surface area contributed by atoms with Crippen LogP contribution in [0, 0.1) is 0 Å². The highest BCUT2D eigenvalue weighted by atomic mass is 79.9. The van der Waals surface area contributed by atoms with E-state index in [1.165, 1.54) is 0 Å². The second-order valence-corrected chi connectivity index (χ2v) is 6.05. The maximum atomic E-state index is 12.2. The Balaban J connectivity index is 1.47. The van der Waals surface area contributed by atoms with Crippen molar-refractivity contribution in [1.82, 2.24) is 20.1 Å². The molecule has 1 amide bonds. The molecule has 2 heterocycles. The number of nitrogen functional groups attached to an aromatic ring is 1. The van der Waals surface area contributed by atoms with Gasteiger partial charge in [-0.25, -0.2) is 5.10 Å². The molecule has 1 saturated heterocycles. The number of nitrogens with one attached hydrogen (secondary N) is 1. The summed E-state index contributed by atoms with van der Waals surface area (Å²) in [4.78, 5) is 20.1. The summed E-state index contributed by atoms with van der Waals surface area (Å²) in [6.07, 6.45) is 0. The maximum Gasteiger partial charge on any atom is 0.260 e. The normalized spacial score (nSPS) is 14.8. The van der Waals surface area contributed by atoms with E-state index in [4.69, 9.17) is 10.5 Å². The van der Waals surface area contributed by atoms with Gasteiger partial charge in [-0.05, 0) is 24.3 Å². The SMILES string of the molecule is Nc1nc(N2CCN(C(=O)COc3ccc(Br)cc3)CC2)n[nH]1. The van der Waals surface area contributed by atoms with E-state index in [9.17, 15) is 4.79 Å². The Morgan fingerprint density at radius 3 is 2.57 bits per heavy atom. The smallest absolute Gasteiger partial charge is 0.260 e. The lowest BCUT2D eigenvalue weighted by Crippen LogP contribution is -2.50. The molecule has 3 N–H and O–H groups in total. The first kappa shape index (κ1) is 15.6. The largest absolute Gasteiger partial charge is 0.484 e. The summed E-state index contributed by atoms with van der Waals surface area (Å²) < 4.78 is 6.49. The van der Waals surface area contributed by atoms with E-state index >= 15 is 0 Å². The number of carbonyl (C=O) groups is 1. The maximum absolute atomic E-state index is 12.2. The van der Waals surface area contributed by atoms with Crippen LogP contribution in [0.15, 0.2) is 28.7 Å². The number of hydrogen-bond acceptors (Lipinski definition) is 6. The first-order valence-electron chi connectivity index (χ1n) is 7.21. The summed E-state index contributed by atoms with van der Waals surface area (Å²) in [7, 11) is 0. The van der Waals surface area contributed by atoms with Crippen molar-refractivity contribution in [3.05, 3.63) is 28.7 Å². The molecule has 2 aromatic rings. The molecular weight excluding hydrogens is 364 g/mol. The van der Waals surface area contributed by atoms with E-state index in [2.05, 4.69) is 31.1 Å². The molecule has 9 heteroatoms. The predicted molar refractivity (Wildman–Crippen MR) is 89.2 cm³/mol. The molecule has 0 spiro atoms. The number of rotatable bonds is 4. The quantitative estimate of drug-likeness (QED) is 0.816. The van der Waals surface area contributed by atoms with Crippen molar-refractivity contribution in [3.8, 4) is 5.75 Å². The zero-order valence-corrected chi connectivity index (χ0v) is 14.0. The molecule has 0 aliphatic carbocycles. The lowest BCUT2D eigenvalue weighted by molar-refractivity contribution is -0.133. The number of carbonyl (C=O) groups excluding carboxylic acids is 1. The van der Waals surface area contributed by atoms with Crippen molar-refractivity contribution in [3.63, 3.8) is 0 Å². The number of halogens is 1. The molecule has 1 aliphatic heterocycles. The van der Waals surface area contributed by atoms with Gasteiger partial charge in [-0.3, -0.25) is 4.79 Å². The topological polar surface area (TPSA) is 100 Å². The minimum absolute atomic E-state index is 0.0259. The first-order chi connectivity index (χ1) is 11.1. The molecule has 122 valence electrons. The third-order valence-corrected chi connectivity index (χ3v) is 4.11. The second kappa shape index (κ2) is 6.86. The molecule has 0 radical (unpaired) electrons. The van der Waals surface area contributed by atoms with Gasteiger partial charge >= 0.3 is 0 Å². The Kier molecular flexibility index (Phi) is 4.65. The minimum Gasteiger partial charge on any atom is -0.484 e. The molecule has 1 aromatic heterocycles. The number of piperazine rings is 1. The zero-order chi connectivity index (χ0) is 16.2. The summed E-state index contributed by atoms with van der Waals surface area (Å²) in [5.41, 5.74) is 5.53. The summed E-state index contributed by atoms with van der Waals surface area (Å²) >= 11 is 3.36. The Bertz CT molecular complexity index is 666. The van der Waals surface area contributed by atoms with Crippen molar-refractivity contribution in [1.29, 1.82) is 0 Å². The number of nitrogens with two attached hydrogens (primary N) is 1. The summed E-state index contributed by atoms with van der Waals surface area (Å²) in [6.45, 7) is 2.59. The van der Waals surface area contributed by atoms with E-state index in [1.54, 1.807) is 4.90 Å². The number of anilines is 2. The zero-order valence-electron chi connectivity index (χ0n) is 12.4. The van der Waals surface area contributed by atoms with E-state index in [1.807, 2.05) is 29.2 Å². The monoisotopic (exact) mass is 380 g/mol. The molecule has 0 atom stereocenters. The van der Waals surface area contributed by atoms with Crippen LogP contribution in [0.25, 0.3) is 0 Å². The summed E-state index contributed by atoms with van der Waals surface area (Å²) in [5.74, 6) is 1.51. The van der Waals surface area contributed by atoms with Crippen LogP contribution in [0.1, 0.15) is 0 Å². The lowest BCUT2D eigenvalue weighted by Gasteiger charge is -2.34. The van der Waals surface area contributed by atoms with E-state index in [0.29, 0.717) is 43.8 Å². The number of amides is 1. The van der Waals surface area contributed by atoms with Gasteiger partial charge in [0.2, 0.25) is 11.9 Å². The predicted octanol–water partition coefficient (Wildman–Crippen LogP) is 0.877. The molecule has 1 aliphatic rings.